The van der Waals surface area contributed by atoms with Crippen molar-refractivity contribution < 1.29 is 4.39 Å². The van der Waals surface area contributed by atoms with Gasteiger partial charge in [0.05, 0.1) is 0 Å². The second-order valence-electron chi connectivity index (χ2n) is 4.79. The maximum absolute atomic E-state index is 13.8. The highest BCUT2D eigenvalue weighted by molar-refractivity contribution is 5.21. The summed E-state index contributed by atoms with van der Waals surface area (Å²) in [5.41, 5.74) is 0.815. The summed E-state index contributed by atoms with van der Waals surface area (Å²) in [5, 5.41) is 3.23. The molecule has 0 bridgehead atoms. The normalized spacial score (nSPS) is 22.9. The van der Waals surface area contributed by atoms with Gasteiger partial charge in [0.1, 0.15) is 5.82 Å². The molecule has 94 valence electrons. The molecule has 1 aromatic carbocycles. The van der Waals surface area contributed by atoms with Crippen LogP contribution in [0.3, 0.4) is 0 Å². The van der Waals surface area contributed by atoms with Gasteiger partial charge in [-0.25, -0.2) is 4.39 Å². The van der Waals surface area contributed by atoms with Crippen molar-refractivity contribution >= 4 is 0 Å². The Balaban J connectivity index is 2.14. The Morgan fingerprint density at radius 1 is 1.47 bits per heavy atom. The number of benzene rings is 1. The Labute approximate surface area is 103 Å². The number of nitrogens with one attached hydrogen (secondary N) is 1. The monoisotopic (exact) mass is 236 g/mol. The number of halogens is 1. The Kier molecular flexibility index (Phi) is 4.13. The third-order valence-corrected chi connectivity index (χ3v) is 3.72. The van der Waals surface area contributed by atoms with Crippen LogP contribution in [0.15, 0.2) is 24.3 Å². The second-order valence-corrected chi connectivity index (χ2v) is 4.79. The Bertz CT molecular complexity index is 367. The van der Waals surface area contributed by atoms with E-state index in [9.17, 15) is 4.39 Å². The molecule has 1 aromatic rings. The van der Waals surface area contributed by atoms with Crippen LogP contribution in [0.2, 0.25) is 0 Å². The topological polar surface area (TPSA) is 15.3 Å². The molecule has 3 heteroatoms. The molecule has 2 atom stereocenters. The third-order valence-electron chi connectivity index (χ3n) is 3.72. The fraction of sp³-hybridized carbons (Fsp3) is 0.571. The Morgan fingerprint density at radius 3 is 2.94 bits per heavy atom. The number of hydrogen-bond acceptors (Lipinski definition) is 2. The van der Waals surface area contributed by atoms with E-state index in [1.807, 2.05) is 19.2 Å². The molecular formula is C14H21FN2. The SMILES string of the molecule is CNCC1CCCN1C(C)c1ccccc1F. The number of likely N-dealkylation sites (tertiary alicyclic amines) is 1. The van der Waals surface area contributed by atoms with Gasteiger partial charge in [-0.1, -0.05) is 18.2 Å². The average Bonchev–Trinajstić information content (AvgIpc) is 2.78. The van der Waals surface area contributed by atoms with Crippen molar-refractivity contribution in [1.29, 1.82) is 0 Å². The van der Waals surface area contributed by atoms with Crippen LogP contribution in [-0.2, 0) is 0 Å². The molecule has 1 aliphatic heterocycles. The molecule has 1 saturated heterocycles. The van der Waals surface area contributed by atoms with E-state index in [-0.39, 0.29) is 11.9 Å². The Hall–Kier alpha value is -0.930. The summed E-state index contributed by atoms with van der Waals surface area (Å²) in [5.74, 6) is -0.0879. The first-order valence-electron chi connectivity index (χ1n) is 6.39. The van der Waals surface area contributed by atoms with E-state index in [0.717, 1.165) is 18.7 Å². The van der Waals surface area contributed by atoms with Gasteiger partial charge in [0.2, 0.25) is 0 Å². The molecule has 1 heterocycles. The summed E-state index contributed by atoms with van der Waals surface area (Å²) in [6, 6.07) is 7.81. The Morgan fingerprint density at radius 2 is 2.24 bits per heavy atom. The fourth-order valence-electron chi connectivity index (χ4n) is 2.82. The van der Waals surface area contributed by atoms with Gasteiger partial charge < -0.3 is 5.32 Å². The number of rotatable bonds is 4. The first kappa shape index (κ1) is 12.5. The number of likely N-dealkylation sites (N-methyl/N-ethyl adjacent to an activating group) is 1. The molecular weight excluding hydrogens is 215 g/mol. The largest absolute Gasteiger partial charge is 0.318 e. The van der Waals surface area contributed by atoms with Gasteiger partial charge >= 0.3 is 0 Å². The summed E-state index contributed by atoms with van der Waals surface area (Å²) < 4.78 is 13.8. The number of nitrogens with zero attached hydrogens (tertiary/aromatic N) is 1. The van der Waals surface area contributed by atoms with E-state index < -0.39 is 0 Å². The molecule has 2 nitrogen and oxygen atoms in total. The molecule has 0 amide bonds. The van der Waals surface area contributed by atoms with Crippen LogP contribution in [0, 0.1) is 5.82 Å². The lowest BCUT2D eigenvalue weighted by atomic mass is 10.1. The molecule has 1 fully saturated rings. The van der Waals surface area contributed by atoms with Crippen LogP contribution in [-0.4, -0.2) is 31.1 Å². The van der Waals surface area contributed by atoms with Crippen LogP contribution in [0.1, 0.15) is 31.4 Å². The van der Waals surface area contributed by atoms with Crippen molar-refractivity contribution in [3.8, 4) is 0 Å². The molecule has 0 saturated carbocycles. The molecule has 0 spiro atoms. The maximum atomic E-state index is 13.8. The van der Waals surface area contributed by atoms with E-state index in [2.05, 4.69) is 17.1 Å². The van der Waals surface area contributed by atoms with Crippen molar-refractivity contribution in [3.63, 3.8) is 0 Å². The summed E-state index contributed by atoms with van der Waals surface area (Å²) in [6.07, 6.45) is 2.42. The minimum Gasteiger partial charge on any atom is -0.318 e. The van der Waals surface area contributed by atoms with Gasteiger partial charge in [0, 0.05) is 24.2 Å². The van der Waals surface area contributed by atoms with Crippen molar-refractivity contribution in [2.45, 2.75) is 31.8 Å². The highest BCUT2D eigenvalue weighted by Crippen LogP contribution is 2.29. The van der Waals surface area contributed by atoms with Crippen LogP contribution < -0.4 is 5.32 Å². The number of hydrogen-bond donors (Lipinski definition) is 1. The molecule has 2 unspecified atom stereocenters. The quantitative estimate of drug-likeness (QED) is 0.864. The van der Waals surface area contributed by atoms with Crippen LogP contribution in [0.25, 0.3) is 0 Å². The highest BCUT2D eigenvalue weighted by Gasteiger charge is 2.29. The van der Waals surface area contributed by atoms with Crippen LogP contribution in [0.5, 0.6) is 0 Å². The van der Waals surface area contributed by atoms with Crippen molar-refractivity contribution in [2.75, 3.05) is 20.1 Å². The van der Waals surface area contributed by atoms with Crippen molar-refractivity contribution in [1.82, 2.24) is 10.2 Å². The van der Waals surface area contributed by atoms with E-state index in [0.29, 0.717) is 6.04 Å². The second kappa shape index (κ2) is 5.61. The average molecular weight is 236 g/mol. The fourth-order valence-corrected chi connectivity index (χ4v) is 2.82. The van der Waals surface area contributed by atoms with E-state index in [1.54, 1.807) is 12.1 Å². The zero-order chi connectivity index (χ0) is 12.3. The zero-order valence-corrected chi connectivity index (χ0v) is 10.6. The van der Waals surface area contributed by atoms with E-state index >= 15 is 0 Å². The summed E-state index contributed by atoms with van der Waals surface area (Å²) in [6.45, 7) is 4.16. The predicted octanol–water partition coefficient (Wildman–Crippen LogP) is 2.57. The molecule has 0 aromatic heterocycles. The van der Waals surface area contributed by atoms with E-state index in [4.69, 9.17) is 0 Å². The molecule has 0 aliphatic carbocycles. The molecule has 1 N–H and O–H groups in total. The minimum atomic E-state index is -0.0879. The third kappa shape index (κ3) is 2.67. The molecule has 1 aliphatic rings. The van der Waals surface area contributed by atoms with E-state index in [1.165, 1.54) is 12.8 Å². The van der Waals surface area contributed by atoms with Crippen LogP contribution >= 0.6 is 0 Å². The standard InChI is InChI=1S/C14H21FN2/c1-11(13-7-3-4-8-14(13)15)17-9-5-6-12(17)10-16-2/h3-4,7-8,11-12,16H,5-6,9-10H2,1-2H3. The predicted molar refractivity (Wildman–Crippen MR) is 68.5 cm³/mol. The smallest absolute Gasteiger partial charge is 0.127 e. The zero-order valence-electron chi connectivity index (χ0n) is 10.6. The van der Waals surface area contributed by atoms with Crippen molar-refractivity contribution in [3.05, 3.63) is 35.6 Å². The minimum absolute atomic E-state index is 0.0879. The highest BCUT2D eigenvalue weighted by atomic mass is 19.1. The first-order valence-corrected chi connectivity index (χ1v) is 6.39. The summed E-state index contributed by atoms with van der Waals surface area (Å²) >= 11 is 0. The summed E-state index contributed by atoms with van der Waals surface area (Å²) in [7, 11) is 1.98. The molecule has 17 heavy (non-hydrogen) atoms. The van der Waals surface area contributed by atoms with Gasteiger partial charge in [-0.3, -0.25) is 4.90 Å². The maximum Gasteiger partial charge on any atom is 0.127 e. The van der Waals surface area contributed by atoms with Gasteiger partial charge in [-0.15, -0.1) is 0 Å². The lowest BCUT2D eigenvalue weighted by Gasteiger charge is -2.31. The molecule has 2 rings (SSSR count). The van der Waals surface area contributed by atoms with Crippen LogP contribution in [0.4, 0.5) is 4.39 Å². The lowest BCUT2D eigenvalue weighted by Crippen LogP contribution is -2.38. The molecule has 0 radical (unpaired) electrons. The van der Waals surface area contributed by atoms with Crippen molar-refractivity contribution in [2.24, 2.45) is 0 Å². The first-order chi connectivity index (χ1) is 8.24. The lowest BCUT2D eigenvalue weighted by molar-refractivity contribution is 0.188. The van der Waals surface area contributed by atoms with Gasteiger partial charge in [-0.2, -0.15) is 0 Å². The van der Waals surface area contributed by atoms with Gasteiger partial charge in [0.25, 0.3) is 0 Å². The summed E-state index contributed by atoms with van der Waals surface area (Å²) in [4.78, 5) is 2.41. The van der Waals surface area contributed by atoms with Gasteiger partial charge in [-0.05, 0) is 39.4 Å². The van der Waals surface area contributed by atoms with Gasteiger partial charge in [0.15, 0.2) is 0 Å².